The number of halogens is 2. The summed E-state index contributed by atoms with van der Waals surface area (Å²) >= 11 is 0. The number of carbonyl (C=O) groups is 1. The first kappa shape index (κ1) is 25.0. The van der Waals surface area contributed by atoms with Crippen LogP contribution in [0.2, 0.25) is 0 Å². The molecule has 3 heterocycles. The van der Waals surface area contributed by atoms with Crippen molar-refractivity contribution in [3.8, 4) is 22.8 Å². The lowest BCUT2D eigenvalue weighted by Gasteiger charge is -2.32. The molecule has 37 heavy (non-hydrogen) atoms. The van der Waals surface area contributed by atoms with E-state index < -0.39 is 12.5 Å². The standard InChI is InChI=1S/C27H31F2N5O3/c1-36-23-10-9-18(12-24(23)37-2)20-13-22(26(28)29)34-25(32-20)14-21(33-34)16-5-7-17(8-6-16)27(35)31-19-4-3-11-30-15-19/h5-10,12,14,19-20,22,26,30,32H,3-4,11,13,15H2,1-2H3,(H,31,35)/t19-,20?,22?/m1/s1. The lowest BCUT2D eigenvalue weighted by molar-refractivity contribution is 0.0659. The normalized spacial score (nSPS) is 21.2. The van der Waals surface area contributed by atoms with Crippen LogP contribution in [0.25, 0.3) is 11.3 Å². The third-order valence-electron chi connectivity index (χ3n) is 7.02. The number of nitrogens with one attached hydrogen (secondary N) is 3. The summed E-state index contributed by atoms with van der Waals surface area (Å²) in [6, 6.07) is 13.0. The van der Waals surface area contributed by atoms with Crippen molar-refractivity contribution < 1.29 is 23.0 Å². The molecule has 1 fully saturated rings. The molecule has 0 radical (unpaired) electrons. The van der Waals surface area contributed by atoms with Gasteiger partial charge in [0.1, 0.15) is 11.9 Å². The van der Waals surface area contributed by atoms with Gasteiger partial charge in [-0.05, 0) is 55.6 Å². The number of hydrogen-bond acceptors (Lipinski definition) is 6. The Morgan fingerprint density at radius 1 is 1.11 bits per heavy atom. The second-order valence-corrected chi connectivity index (χ2v) is 9.40. The quantitative estimate of drug-likeness (QED) is 0.436. The highest BCUT2D eigenvalue weighted by atomic mass is 19.3. The Morgan fingerprint density at radius 2 is 1.89 bits per heavy atom. The van der Waals surface area contributed by atoms with Crippen LogP contribution in [-0.2, 0) is 0 Å². The van der Waals surface area contributed by atoms with E-state index in [-0.39, 0.29) is 24.4 Å². The van der Waals surface area contributed by atoms with Gasteiger partial charge in [-0.25, -0.2) is 13.5 Å². The summed E-state index contributed by atoms with van der Waals surface area (Å²) in [5.74, 6) is 1.51. The molecule has 3 atom stereocenters. The van der Waals surface area contributed by atoms with Crippen molar-refractivity contribution in [1.82, 2.24) is 20.4 Å². The number of anilines is 1. The molecule has 1 amide bonds. The Hall–Kier alpha value is -3.66. The third-order valence-corrected chi connectivity index (χ3v) is 7.02. The minimum atomic E-state index is -2.59. The fraction of sp³-hybridized carbons (Fsp3) is 0.407. The van der Waals surface area contributed by atoms with Crippen LogP contribution in [0, 0.1) is 0 Å². The number of ether oxygens (including phenoxy) is 2. The van der Waals surface area contributed by atoms with Crippen molar-refractivity contribution >= 4 is 11.7 Å². The van der Waals surface area contributed by atoms with Crippen molar-refractivity contribution in [2.24, 2.45) is 0 Å². The molecular weight excluding hydrogens is 480 g/mol. The predicted molar refractivity (Wildman–Crippen MR) is 137 cm³/mol. The number of piperidine rings is 1. The molecule has 0 spiro atoms. The minimum absolute atomic E-state index is 0.122. The molecule has 10 heteroatoms. The number of fused-ring (bicyclic) bond motifs is 1. The topological polar surface area (TPSA) is 89.4 Å². The van der Waals surface area contributed by atoms with Crippen molar-refractivity contribution in [2.45, 2.75) is 43.8 Å². The molecule has 8 nitrogen and oxygen atoms in total. The zero-order chi connectivity index (χ0) is 25.9. The SMILES string of the molecule is COc1ccc(C2CC(C(F)F)n3nc(-c4ccc(C(=O)N[C@@H]5CCCNC5)cc4)cc3N2)cc1OC. The van der Waals surface area contributed by atoms with Gasteiger partial charge >= 0.3 is 0 Å². The van der Waals surface area contributed by atoms with Gasteiger partial charge in [-0.15, -0.1) is 0 Å². The van der Waals surface area contributed by atoms with E-state index in [1.807, 2.05) is 6.07 Å². The molecule has 1 saturated heterocycles. The summed E-state index contributed by atoms with van der Waals surface area (Å²) in [5, 5.41) is 14.2. The largest absolute Gasteiger partial charge is 0.493 e. The average Bonchev–Trinajstić information content (AvgIpc) is 3.37. The van der Waals surface area contributed by atoms with Crippen LogP contribution in [0.4, 0.5) is 14.6 Å². The van der Waals surface area contributed by atoms with Gasteiger partial charge < -0.3 is 25.4 Å². The second-order valence-electron chi connectivity index (χ2n) is 9.40. The molecule has 0 saturated carbocycles. The molecule has 2 aliphatic heterocycles. The zero-order valence-electron chi connectivity index (χ0n) is 20.8. The lowest BCUT2D eigenvalue weighted by Crippen LogP contribution is -2.45. The molecule has 2 aromatic carbocycles. The Bertz CT molecular complexity index is 1240. The van der Waals surface area contributed by atoms with Gasteiger partial charge in [-0.3, -0.25) is 4.79 Å². The van der Waals surface area contributed by atoms with Crippen LogP contribution < -0.4 is 25.4 Å². The van der Waals surface area contributed by atoms with Crippen molar-refractivity contribution in [2.75, 3.05) is 32.6 Å². The third kappa shape index (κ3) is 5.24. The highest BCUT2D eigenvalue weighted by molar-refractivity contribution is 5.94. The molecule has 2 unspecified atom stereocenters. The number of nitrogens with zero attached hydrogens (tertiary/aromatic N) is 2. The first-order valence-corrected chi connectivity index (χ1v) is 12.4. The first-order chi connectivity index (χ1) is 18.0. The number of methoxy groups -OCH3 is 2. The fourth-order valence-electron chi connectivity index (χ4n) is 5.01. The number of rotatable bonds is 7. The number of carbonyl (C=O) groups excluding carboxylic acids is 1. The molecule has 0 bridgehead atoms. The lowest BCUT2D eigenvalue weighted by atomic mass is 9.97. The van der Waals surface area contributed by atoms with Crippen LogP contribution in [-0.4, -0.2) is 55.5 Å². The average molecular weight is 512 g/mol. The van der Waals surface area contributed by atoms with E-state index in [1.165, 1.54) is 4.68 Å². The minimum Gasteiger partial charge on any atom is -0.493 e. The van der Waals surface area contributed by atoms with Gasteiger partial charge in [0.2, 0.25) is 0 Å². The Morgan fingerprint density at radius 3 is 2.57 bits per heavy atom. The van der Waals surface area contributed by atoms with Gasteiger partial charge in [-0.2, -0.15) is 5.10 Å². The maximum absolute atomic E-state index is 14.1. The molecule has 2 aliphatic rings. The fourth-order valence-corrected chi connectivity index (χ4v) is 5.01. The number of aromatic nitrogens is 2. The number of benzene rings is 2. The molecule has 196 valence electrons. The van der Waals surface area contributed by atoms with Crippen molar-refractivity contribution in [3.05, 3.63) is 59.7 Å². The van der Waals surface area contributed by atoms with Crippen molar-refractivity contribution in [1.29, 1.82) is 0 Å². The summed E-state index contributed by atoms with van der Waals surface area (Å²) in [4.78, 5) is 12.6. The van der Waals surface area contributed by atoms with Crippen LogP contribution in [0.15, 0.2) is 48.5 Å². The maximum Gasteiger partial charge on any atom is 0.260 e. The summed E-state index contributed by atoms with van der Waals surface area (Å²) in [7, 11) is 3.10. The molecule has 0 aliphatic carbocycles. The van der Waals surface area contributed by atoms with E-state index in [0.29, 0.717) is 28.6 Å². The van der Waals surface area contributed by atoms with Crippen molar-refractivity contribution in [3.63, 3.8) is 0 Å². The van der Waals surface area contributed by atoms with E-state index in [1.54, 1.807) is 56.7 Å². The highest BCUT2D eigenvalue weighted by Gasteiger charge is 2.35. The molecule has 3 aromatic rings. The van der Waals surface area contributed by atoms with Gasteiger partial charge in [0.05, 0.1) is 26.0 Å². The smallest absolute Gasteiger partial charge is 0.260 e. The number of amides is 1. The van der Waals surface area contributed by atoms with E-state index in [4.69, 9.17) is 9.47 Å². The molecule has 1 aromatic heterocycles. The van der Waals surface area contributed by atoms with Crippen LogP contribution in [0.3, 0.4) is 0 Å². The summed E-state index contributed by atoms with van der Waals surface area (Å²) in [5.41, 5.74) is 2.68. The van der Waals surface area contributed by atoms with E-state index in [2.05, 4.69) is 21.0 Å². The van der Waals surface area contributed by atoms with Gasteiger partial charge in [0.25, 0.3) is 12.3 Å². The van der Waals surface area contributed by atoms with E-state index >= 15 is 0 Å². The van der Waals surface area contributed by atoms with Gasteiger partial charge in [0.15, 0.2) is 11.5 Å². The maximum atomic E-state index is 14.1. The highest BCUT2D eigenvalue weighted by Crippen LogP contribution is 2.41. The molecule has 5 rings (SSSR count). The Labute approximate surface area is 214 Å². The monoisotopic (exact) mass is 511 g/mol. The Kier molecular flexibility index (Phi) is 7.27. The Balaban J connectivity index is 1.36. The molecule has 3 N–H and O–H groups in total. The first-order valence-electron chi connectivity index (χ1n) is 12.4. The second kappa shape index (κ2) is 10.8. The number of alkyl halides is 2. The van der Waals surface area contributed by atoms with E-state index in [9.17, 15) is 13.6 Å². The number of hydrogen-bond donors (Lipinski definition) is 3. The summed E-state index contributed by atoms with van der Waals surface area (Å²) in [6.45, 7) is 1.75. The van der Waals surface area contributed by atoms with Gasteiger partial charge in [0, 0.05) is 29.8 Å². The molecular formula is C27H31F2N5O3. The summed E-state index contributed by atoms with van der Waals surface area (Å²) < 4.78 is 40.3. The van der Waals surface area contributed by atoms with Crippen LogP contribution in [0.1, 0.15) is 47.3 Å². The van der Waals surface area contributed by atoms with Crippen LogP contribution in [0.5, 0.6) is 11.5 Å². The predicted octanol–water partition coefficient (Wildman–Crippen LogP) is 4.41. The zero-order valence-corrected chi connectivity index (χ0v) is 20.8. The van der Waals surface area contributed by atoms with Gasteiger partial charge in [-0.1, -0.05) is 18.2 Å². The van der Waals surface area contributed by atoms with E-state index in [0.717, 1.165) is 37.1 Å². The summed E-state index contributed by atoms with van der Waals surface area (Å²) in [6.07, 6.45) is -0.428. The van der Waals surface area contributed by atoms with Crippen LogP contribution >= 0.6 is 0 Å².